The van der Waals surface area contributed by atoms with Crippen LogP contribution in [0.2, 0.25) is 0 Å². The lowest BCUT2D eigenvalue weighted by Crippen LogP contribution is -2.48. The summed E-state index contributed by atoms with van der Waals surface area (Å²) in [5.74, 6) is 1.43. The topological polar surface area (TPSA) is 72.9 Å². The van der Waals surface area contributed by atoms with Crippen LogP contribution in [-0.4, -0.2) is 55.0 Å². The zero-order valence-electron chi connectivity index (χ0n) is 16.6. The van der Waals surface area contributed by atoms with E-state index in [0.717, 1.165) is 43.4 Å². The molecule has 1 aliphatic carbocycles. The summed E-state index contributed by atoms with van der Waals surface area (Å²) in [6, 6.07) is 5.68. The maximum Gasteiger partial charge on any atom is 0.261 e. The number of benzene rings is 1. The van der Waals surface area contributed by atoms with Crippen molar-refractivity contribution >= 4 is 15.7 Å². The molecule has 2 aliphatic heterocycles. The summed E-state index contributed by atoms with van der Waals surface area (Å²) in [6.07, 6.45) is 5.40. The molecule has 1 saturated carbocycles. The van der Waals surface area contributed by atoms with Crippen LogP contribution in [-0.2, 0) is 21.1 Å². The Balaban J connectivity index is 1.48. The summed E-state index contributed by atoms with van der Waals surface area (Å²) in [5, 5.41) is 0. The van der Waals surface area contributed by atoms with E-state index in [1.165, 1.54) is 0 Å². The van der Waals surface area contributed by atoms with Crippen LogP contribution >= 0.6 is 0 Å². The Labute approximate surface area is 167 Å². The average molecular weight is 408 g/mol. The zero-order chi connectivity index (χ0) is 19.9. The normalized spacial score (nSPS) is 25.3. The molecular weight excluding hydrogens is 378 g/mol. The van der Waals surface area contributed by atoms with Crippen LogP contribution in [0.25, 0.3) is 0 Å². The van der Waals surface area contributed by atoms with Crippen LogP contribution in [0.3, 0.4) is 0 Å². The number of ether oxygens (including phenoxy) is 2. The van der Waals surface area contributed by atoms with E-state index in [1.807, 2.05) is 36.9 Å². The van der Waals surface area contributed by atoms with Gasteiger partial charge in [-0.2, -0.15) is 0 Å². The monoisotopic (exact) mass is 407 g/mol. The van der Waals surface area contributed by atoms with E-state index in [2.05, 4.69) is 0 Å². The number of amides is 1. The van der Waals surface area contributed by atoms with Crippen molar-refractivity contribution < 1.29 is 22.7 Å². The molecular formula is C21H29NO5S. The van der Waals surface area contributed by atoms with Crippen molar-refractivity contribution in [3.63, 3.8) is 0 Å². The van der Waals surface area contributed by atoms with Crippen LogP contribution in [0.4, 0.5) is 0 Å². The van der Waals surface area contributed by atoms with Crippen molar-refractivity contribution in [3.8, 4) is 11.5 Å². The molecule has 7 heteroatoms. The molecule has 6 nitrogen and oxygen atoms in total. The number of carbonyl (C=O) groups is 1. The van der Waals surface area contributed by atoms with Gasteiger partial charge in [0.1, 0.15) is 5.60 Å². The second-order valence-electron chi connectivity index (χ2n) is 8.87. The molecule has 1 amide bonds. The number of fused-ring (bicyclic) bond motifs is 1. The predicted octanol–water partition coefficient (Wildman–Crippen LogP) is 2.74. The molecule has 0 aromatic heterocycles. The quantitative estimate of drug-likeness (QED) is 0.750. The van der Waals surface area contributed by atoms with Gasteiger partial charge in [0.25, 0.3) is 5.91 Å². The molecule has 1 aromatic rings. The number of carbonyl (C=O) groups excluding carboxylic acids is 1. The molecule has 2 heterocycles. The highest BCUT2D eigenvalue weighted by molar-refractivity contribution is 7.91. The van der Waals surface area contributed by atoms with Crippen molar-refractivity contribution in [2.24, 2.45) is 0 Å². The Morgan fingerprint density at radius 2 is 1.96 bits per heavy atom. The van der Waals surface area contributed by atoms with Gasteiger partial charge >= 0.3 is 0 Å². The minimum atomic E-state index is -3.05. The number of hydrogen-bond acceptors (Lipinski definition) is 5. The Kier molecular flexibility index (Phi) is 5.06. The van der Waals surface area contributed by atoms with Gasteiger partial charge in [0.05, 0.1) is 11.5 Å². The minimum absolute atomic E-state index is 0.0767. The number of nitrogens with zero attached hydrogens (tertiary/aromatic N) is 1. The Hall–Kier alpha value is -1.76. The fourth-order valence-electron chi connectivity index (χ4n) is 4.80. The van der Waals surface area contributed by atoms with Gasteiger partial charge in [-0.15, -0.1) is 0 Å². The predicted molar refractivity (Wildman–Crippen MR) is 107 cm³/mol. The zero-order valence-corrected chi connectivity index (χ0v) is 17.5. The van der Waals surface area contributed by atoms with Gasteiger partial charge in [-0.25, -0.2) is 8.42 Å². The van der Waals surface area contributed by atoms with Crippen molar-refractivity contribution in [2.75, 3.05) is 18.1 Å². The molecule has 0 bridgehead atoms. The summed E-state index contributed by atoms with van der Waals surface area (Å²) < 4.78 is 35.8. The average Bonchev–Trinajstić information content (AvgIpc) is 3.31. The van der Waals surface area contributed by atoms with Gasteiger partial charge in [0.15, 0.2) is 27.9 Å². The number of hydrogen-bond donors (Lipinski definition) is 0. The van der Waals surface area contributed by atoms with E-state index in [0.29, 0.717) is 12.2 Å². The Morgan fingerprint density at radius 1 is 1.21 bits per heavy atom. The van der Waals surface area contributed by atoms with Crippen molar-refractivity contribution in [1.29, 1.82) is 0 Å². The van der Waals surface area contributed by atoms with Gasteiger partial charge in [0, 0.05) is 24.1 Å². The molecule has 1 unspecified atom stereocenters. The van der Waals surface area contributed by atoms with Crippen LogP contribution in [0.15, 0.2) is 18.2 Å². The summed E-state index contributed by atoms with van der Waals surface area (Å²) in [4.78, 5) is 14.9. The fourth-order valence-corrected chi connectivity index (χ4v) is 6.51. The highest BCUT2D eigenvalue weighted by atomic mass is 32.2. The summed E-state index contributed by atoms with van der Waals surface area (Å²) >= 11 is 0. The van der Waals surface area contributed by atoms with E-state index >= 15 is 0 Å². The van der Waals surface area contributed by atoms with Crippen LogP contribution < -0.4 is 9.47 Å². The number of sulfone groups is 1. The molecule has 0 spiro atoms. The first-order chi connectivity index (χ1) is 13.2. The van der Waals surface area contributed by atoms with Crippen LogP contribution in [0.5, 0.6) is 11.5 Å². The second kappa shape index (κ2) is 7.25. The van der Waals surface area contributed by atoms with Crippen LogP contribution in [0.1, 0.15) is 51.5 Å². The minimum Gasteiger partial charge on any atom is -0.483 e. The number of para-hydroxylation sites is 1. The Morgan fingerprint density at radius 3 is 2.64 bits per heavy atom. The van der Waals surface area contributed by atoms with Crippen LogP contribution in [0, 0.1) is 0 Å². The van der Waals surface area contributed by atoms with Crippen molar-refractivity contribution in [2.45, 2.75) is 70.1 Å². The molecule has 4 rings (SSSR count). The summed E-state index contributed by atoms with van der Waals surface area (Å²) in [7, 11) is -3.05. The third kappa shape index (κ3) is 4.00. The lowest BCUT2D eigenvalue weighted by atomic mass is 10.0. The largest absolute Gasteiger partial charge is 0.483 e. The lowest BCUT2D eigenvalue weighted by Gasteiger charge is -2.34. The standard InChI is InChI=1S/C21H29NO5S/c1-21(2)12-15-6-5-9-18(20(15)27-21)26-13-19(23)22(16-7-3-4-8-16)17-10-11-28(24,25)14-17/h5-6,9,16-17H,3-4,7-8,10-14H2,1-2H3. The molecule has 1 saturated heterocycles. The first-order valence-corrected chi connectivity index (χ1v) is 12.0. The summed E-state index contributed by atoms with van der Waals surface area (Å²) in [6.45, 7) is 3.97. The van der Waals surface area contributed by atoms with Crippen molar-refractivity contribution in [1.82, 2.24) is 4.90 Å². The number of rotatable bonds is 5. The van der Waals surface area contributed by atoms with Crippen molar-refractivity contribution in [3.05, 3.63) is 23.8 Å². The fraction of sp³-hybridized carbons (Fsp3) is 0.667. The SMILES string of the molecule is CC1(C)Cc2cccc(OCC(=O)N(C3CCCC3)C3CCS(=O)(=O)C3)c2O1. The van der Waals surface area contributed by atoms with E-state index in [1.54, 1.807) is 0 Å². The van der Waals surface area contributed by atoms with Gasteiger partial charge in [-0.05, 0) is 39.2 Å². The summed E-state index contributed by atoms with van der Waals surface area (Å²) in [5.41, 5.74) is 0.810. The molecule has 0 radical (unpaired) electrons. The molecule has 28 heavy (non-hydrogen) atoms. The maximum absolute atomic E-state index is 13.1. The molecule has 154 valence electrons. The molecule has 0 N–H and O–H groups in total. The third-order valence-corrected chi connectivity index (χ3v) is 7.76. The highest BCUT2D eigenvalue weighted by Gasteiger charge is 2.39. The lowest BCUT2D eigenvalue weighted by molar-refractivity contribution is -0.137. The highest BCUT2D eigenvalue weighted by Crippen LogP contribution is 2.41. The second-order valence-corrected chi connectivity index (χ2v) is 11.1. The third-order valence-electron chi connectivity index (χ3n) is 6.01. The van der Waals surface area contributed by atoms with E-state index in [9.17, 15) is 13.2 Å². The Bertz CT molecular complexity index is 858. The first kappa shape index (κ1) is 19.6. The smallest absolute Gasteiger partial charge is 0.261 e. The molecule has 3 aliphatic rings. The first-order valence-electron chi connectivity index (χ1n) is 10.2. The molecule has 2 fully saturated rings. The molecule has 1 atom stereocenters. The van der Waals surface area contributed by atoms with Gasteiger partial charge in [0.2, 0.25) is 0 Å². The van der Waals surface area contributed by atoms with E-state index in [-0.39, 0.29) is 41.7 Å². The van der Waals surface area contributed by atoms with Gasteiger partial charge in [-0.3, -0.25) is 4.79 Å². The molecule has 1 aromatic carbocycles. The maximum atomic E-state index is 13.1. The van der Waals surface area contributed by atoms with Gasteiger partial charge < -0.3 is 14.4 Å². The van der Waals surface area contributed by atoms with E-state index in [4.69, 9.17) is 9.47 Å². The van der Waals surface area contributed by atoms with E-state index < -0.39 is 9.84 Å². The van der Waals surface area contributed by atoms with Gasteiger partial charge in [-0.1, -0.05) is 25.0 Å².